The first-order chi connectivity index (χ1) is 8.31. The van der Waals surface area contributed by atoms with E-state index in [2.05, 4.69) is 34.1 Å². The van der Waals surface area contributed by atoms with E-state index in [0.29, 0.717) is 0 Å². The second kappa shape index (κ2) is 4.51. The van der Waals surface area contributed by atoms with Crippen molar-refractivity contribution in [3.05, 3.63) is 36.0 Å². The van der Waals surface area contributed by atoms with E-state index in [1.807, 2.05) is 6.20 Å². The van der Waals surface area contributed by atoms with Crippen LogP contribution in [0, 0.1) is 0 Å². The maximum absolute atomic E-state index is 9.65. The summed E-state index contributed by atoms with van der Waals surface area (Å²) in [7, 11) is 0. The summed E-state index contributed by atoms with van der Waals surface area (Å²) >= 11 is 0. The van der Waals surface area contributed by atoms with Gasteiger partial charge in [0.2, 0.25) is 0 Å². The third-order valence-corrected chi connectivity index (χ3v) is 3.50. The van der Waals surface area contributed by atoms with Gasteiger partial charge in [-0.2, -0.15) is 0 Å². The summed E-state index contributed by atoms with van der Waals surface area (Å²) in [5, 5.41) is 10.9. The number of rotatable bonds is 2. The molecule has 2 aromatic rings. The van der Waals surface area contributed by atoms with Crippen LogP contribution in [0.25, 0.3) is 10.9 Å². The van der Waals surface area contributed by atoms with Gasteiger partial charge in [-0.25, -0.2) is 0 Å². The van der Waals surface area contributed by atoms with Crippen LogP contribution in [0.5, 0.6) is 0 Å². The fraction of sp³-hybridized carbons (Fsp3) is 0.429. The molecule has 0 aliphatic carbocycles. The van der Waals surface area contributed by atoms with Gasteiger partial charge in [-0.3, -0.25) is 4.90 Å². The molecule has 90 valence electrons. The second-order valence-corrected chi connectivity index (χ2v) is 4.93. The highest BCUT2D eigenvalue weighted by Gasteiger charge is 2.17. The number of β-amino-alcohol motifs (C(OH)–C–C–N with tert-alkyl or cyclic N) is 1. The van der Waals surface area contributed by atoms with Crippen LogP contribution in [-0.4, -0.2) is 34.2 Å². The number of benzene rings is 1. The minimum absolute atomic E-state index is 0.139. The van der Waals surface area contributed by atoms with Gasteiger partial charge in [0.25, 0.3) is 0 Å². The third-order valence-electron chi connectivity index (χ3n) is 3.50. The highest BCUT2D eigenvalue weighted by atomic mass is 16.3. The first-order valence-electron chi connectivity index (χ1n) is 6.28. The van der Waals surface area contributed by atoms with Crippen molar-refractivity contribution in [2.45, 2.75) is 25.5 Å². The van der Waals surface area contributed by atoms with E-state index in [9.17, 15) is 5.11 Å². The van der Waals surface area contributed by atoms with E-state index in [4.69, 9.17) is 0 Å². The van der Waals surface area contributed by atoms with Gasteiger partial charge in [0.1, 0.15) is 0 Å². The number of fused-ring (bicyclic) bond motifs is 1. The molecule has 0 unspecified atom stereocenters. The van der Waals surface area contributed by atoms with E-state index in [1.54, 1.807) is 0 Å². The summed E-state index contributed by atoms with van der Waals surface area (Å²) in [4.78, 5) is 5.54. The third kappa shape index (κ3) is 2.35. The van der Waals surface area contributed by atoms with Crippen LogP contribution in [-0.2, 0) is 6.54 Å². The molecule has 17 heavy (non-hydrogen) atoms. The summed E-state index contributed by atoms with van der Waals surface area (Å²) in [5.74, 6) is 0. The molecular weight excluding hydrogens is 212 g/mol. The summed E-state index contributed by atoms with van der Waals surface area (Å²) in [6.07, 6.45) is 3.89. The molecule has 1 saturated heterocycles. The Bertz CT molecular complexity index is 506. The van der Waals surface area contributed by atoms with Crippen molar-refractivity contribution in [1.29, 1.82) is 0 Å². The van der Waals surface area contributed by atoms with Gasteiger partial charge in [0, 0.05) is 24.8 Å². The molecule has 2 heterocycles. The van der Waals surface area contributed by atoms with Gasteiger partial charge in [-0.15, -0.1) is 0 Å². The first-order valence-corrected chi connectivity index (χ1v) is 6.28. The van der Waals surface area contributed by atoms with Gasteiger partial charge < -0.3 is 10.1 Å². The zero-order valence-corrected chi connectivity index (χ0v) is 9.89. The highest BCUT2D eigenvalue weighted by molar-refractivity contribution is 5.79. The van der Waals surface area contributed by atoms with Crippen molar-refractivity contribution in [3.8, 4) is 0 Å². The largest absolute Gasteiger partial charge is 0.392 e. The van der Waals surface area contributed by atoms with Crippen LogP contribution in [0.2, 0.25) is 0 Å². The Hall–Kier alpha value is -1.32. The Labute approximate surface area is 101 Å². The van der Waals surface area contributed by atoms with Crippen molar-refractivity contribution in [3.63, 3.8) is 0 Å². The molecule has 3 heteroatoms. The number of aliphatic hydroxyl groups excluding tert-OH is 1. The lowest BCUT2D eigenvalue weighted by atomic mass is 10.1. The number of piperidine rings is 1. The molecule has 1 aliphatic heterocycles. The summed E-state index contributed by atoms with van der Waals surface area (Å²) < 4.78 is 0. The Morgan fingerprint density at radius 1 is 1.35 bits per heavy atom. The molecule has 2 N–H and O–H groups in total. The average Bonchev–Trinajstić information content (AvgIpc) is 2.76. The average molecular weight is 230 g/mol. The first kappa shape index (κ1) is 10.8. The molecule has 0 amide bonds. The minimum Gasteiger partial charge on any atom is -0.392 e. The van der Waals surface area contributed by atoms with Gasteiger partial charge >= 0.3 is 0 Å². The van der Waals surface area contributed by atoms with Crippen LogP contribution < -0.4 is 0 Å². The topological polar surface area (TPSA) is 39.3 Å². The number of H-pyrrole nitrogens is 1. The Morgan fingerprint density at radius 3 is 3.18 bits per heavy atom. The van der Waals surface area contributed by atoms with Crippen LogP contribution in [0.15, 0.2) is 30.5 Å². The van der Waals surface area contributed by atoms with Gasteiger partial charge in [-0.05, 0) is 48.5 Å². The maximum Gasteiger partial charge on any atom is 0.0667 e. The second-order valence-electron chi connectivity index (χ2n) is 4.93. The quantitative estimate of drug-likeness (QED) is 0.829. The number of aromatic nitrogens is 1. The highest BCUT2D eigenvalue weighted by Crippen LogP contribution is 2.18. The van der Waals surface area contributed by atoms with Gasteiger partial charge in [0.05, 0.1) is 6.10 Å². The van der Waals surface area contributed by atoms with Gasteiger partial charge in [0.15, 0.2) is 0 Å². The number of hydrogen-bond acceptors (Lipinski definition) is 2. The van der Waals surface area contributed by atoms with E-state index in [1.165, 1.54) is 16.5 Å². The van der Waals surface area contributed by atoms with E-state index < -0.39 is 0 Å². The van der Waals surface area contributed by atoms with Crippen LogP contribution in [0.1, 0.15) is 18.4 Å². The van der Waals surface area contributed by atoms with Crippen molar-refractivity contribution in [2.24, 2.45) is 0 Å². The molecule has 3 rings (SSSR count). The Kier molecular flexibility index (Phi) is 2.87. The lowest BCUT2D eigenvalue weighted by Gasteiger charge is -2.29. The zero-order chi connectivity index (χ0) is 11.7. The molecule has 0 spiro atoms. The van der Waals surface area contributed by atoms with Crippen molar-refractivity contribution in [2.75, 3.05) is 13.1 Å². The molecule has 0 radical (unpaired) electrons. The number of nitrogens with one attached hydrogen (secondary N) is 1. The Morgan fingerprint density at radius 2 is 2.29 bits per heavy atom. The molecule has 0 saturated carbocycles. The van der Waals surface area contributed by atoms with E-state index in [0.717, 1.165) is 32.5 Å². The zero-order valence-electron chi connectivity index (χ0n) is 9.89. The molecule has 1 fully saturated rings. The minimum atomic E-state index is -0.139. The van der Waals surface area contributed by atoms with E-state index in [-0.39, 0.29) is 6.10 Å². The summed E-state index contributed by atoms with van der Waals surface area (Å²) in [6.45, 7) is 2.85. The summed E-state index contributed by atoms with van der Waals surface area (Å²) in [5.41, 5.74) is 2.51. The predicted molar refractivity (Wildman–Crippen MR) is 68.8 cm³/mol. The van der Waals surface area contributed by atoms with Crippen LogP contribution in [0.4, 0.5) is 0 Å². The number of nitrogens with zero attached hydrogens (tertiary/aromatic N) is 1. The van der Waals surface area contributed by atoms with Crippen LogP contribution in [0.3, 0.4) is 0 Å². The molecule has 0 bridgehead atoms. The number of likely N-dealkylation sites (tertiary alicyclic amines) is 1. The monoisotopic (exact) mass is 230 g/mol. The molecule has 1 aliphatic rings. The molecule has 3 nitrogen and oxygen atoms in total. The molecule has 1 aromatic heterocycles. The normalized spacial score (nSPS) is 22.1. The van der Waals surface area contributed by atoms with E-state index >= 15 is 0 Å². The maximum atomic E-state index is 9.65. The summed E-state index contributed by atoms with van der Waals surface area (Å²) in [6, 6.07) is 8.63. The SMILES string of the molecule is O[C@H]1CCCN(Cc2ccc3[nH]ccc3c2)C1. The smallest absolute Gasteiger partial charge is 0.0667 e. The number of hydrogen-bond donors (Lipinski definition) is 2. The fourth-order valence-corrected chi connectivity index (χ4v) is 2.63. The lowest BCUT2D eigenvalue weighted by molar-refractivity contribution is 0.0668. The Balaban J connectivity index is 1.75. The van der Waals surface area contributed by atoms with Crippen molar-refractivity contribution >= 4 is 10.9 Å². The predicted octanol–water partition coefficient (Wildman–Crippen LogP) is 2.12. The number of aromatic amines is 1. The van der Waals surface area contributed by atoms with Crippen molar-refractivity contribution < 1.29 is 5.11 Å². The fourth-order valence-electron chi connectivity index (χ4n) is 2.63. The lowest BCUT2D eigenvalue weighted by Crippen LogP contribution is -2.37. The van der Waals surface area contributed by atoms with Crippen LogP contribution >= 0.6 is 0 Å². The van der Waals surface area contributed by atoms with Gasteiger partial charge in [-0.1, -0.05) is 6.07 Å². The standard InChI is InChI=1S/C14H18N2O/c17-13-2-1-7-16(10-13)9-11-3-4-14-12(8-11)5-6-15-14/h3-6,8,13,15,17H,1-2,7,9-10H2/t13-/m0/s1. The number of aliphatic hydroxyl groups is 1. The molecule has 1 atom stereocenters. The molecular formula is C14H18N2O. The molecule has 1 aromatic carbocycles. The van der Waals surface area contributed by atoms with Crippen molar-refractivity contribution in [1.82, 2.24) is 9.88 Å².